The molecule has 0 amide bonds. The molecular formula is C10H15NO2. The maximum absolute atomic E-state index is 10.7. The van der Waals surface area contributed by atoms with Crippen molar-refractivity contribution in [3.8, 4) is 6.07 Å². The van der Waals surface area contributed by atoms with Crippen molar-refractivity contribution in [2.24, 2.45) is 5.92 Å². The van der Waals surface area contributed by atoms with Gasteiger partial charge in [-0.15, -0.1) is 0 Å². The molecule has 0 aromatic heterocycles. The molecule has 1 aliphatic carbocycles. The highest BCUT2D eigenvalue weighted by atomic mass is 16.5. The molecule has 0 radical (unpaired) electrons. The SMILES string of the molecule is CC(=O)O[C@H](C#N)C1CCCCC1. The van der Waals surface area contributed by atoms with Crippen LogP contribution < -0.4 is 0 Å². The number of esters is 1. The molecule has 0 aromatic carbocycles. The first-order chi connectivity index (χ1) is 6.24. The standard InChI is InChI=1S/C10H15NO2/c1-8(12)13-10(7-11)9-5-3-2-4-6-9/h9-10H,2-6H2,1H3/t10-/m1/s1. The maximum atomic E-state index is 10.7. The largest absolute Gasteiger partial charge is 0.447 e. The molecule has 1 aliphatic rings. The van der Waals surface area contributed by atoms with Crippen molar-refractivity contribution in [1.82, 2.24) is 0 Å². The topological polar surface area (TPSA) is 50.1 Å². The lowest BCUT2D eigenvalue weighted by Crippen LogP contribution is -2.26. The van der Waals surface area contributed by atoms with Crippen LogP contribution in [0, 0.1) is 17.2 Å². The van der Waals surface area contributed by atoms with E-state index in [1.165, 1.54) is 13.3 Å². The minimum Gasteiger partial charge on any atom is -0.447 e. The van der Waals surface area contributed by atoms with Crippen LogP contribution in [-0.2, 0) is 9.53 Å². The summed E-state index contributed by atoms with van der Waals surface area (Å²) in [6, 6.07) is 2.06. The van der Waals surface area contributed by atoms with Gasteiger partial charge in [0.2, 0.25) is 0 Å². The van der Waals surface area contributed by atoms with E-state index in [0.29, 0.717) is 0 Å². The molecule has 1 rings (SSSR count). The van der Waals surface area contributed by atoms with E-state index in [-0.39, 0.29) is 11.9 Å². The molecular weight excluding hydrogens is 166 g/mol. The zero-order chi connectivity index (χ0) is 9.68. The molecule has 0 aromatic rings. The van der Waals surface area contributed by atoms with E-state index < -0.39 is 6.10 Å². The Bertz CT molecular complexity index is 213. The molecule has 1 atom stereocenters. The molecule has 0 aliphatic heterocycles. The van der Waals surface area contributed by atoms with Crippen LogP contribution in [0.2, 0.25) is 0 Å². The molecule has 3 nitrogen and oxygen atoms in total. The molecule has 0 heterocycles. The summed E-state index contributed by atoms with van der Waals surface area (Å²) in [6.45, 7) is 1.35. The highest BCUT2D eigenvalue weighted by Gasteiger charge is 2.25. The summed E-state index contributed by atoms with van der Waals surface area (Å²) in [5.41, 5.74) is 0. The summed E-state index contributed by atoms with van der Waals surface area (Å²) in [5, 5.41) is 8.80. The van der Waals surface area contributed by atoms with Crippen molar-refractivity contribution in [3.63, 3.8) is 0 Å². The molecule has 0 saturated heterocycles. The Hall–Kier alpha value is -1.04. The van der Waals surface area contributed by atoms with Crippen molar-refractivity contribution >= 4 is 5.97 Å². The van der Waals surface area contributed by atoms with Gasteiger partial charge in [0.1, 0.15) is 6.07 Å². The Morgan fingerprint density at radius 1 is 1.46 bits per heavy atom. The number of hydrogen-bond acceptors (Lipinski definition) is 3. The van der Waals surface area contributed by atoms with E-state index >= 15 is 0 Å². The zero-order valence-corrected chi connectivity index (χ0v) is 7.95. The third-order valence-corrected chi connectivity index (χ3v) is 2.50. The summed E-state index contributed by atoms with van der Waals surface area (Å²) in [4.78, 5) is 10.7. The van der Waals surface area contributed by atoms with Gasteiger partial charge in [0.15, 0.2) is 6.10 Å². The number of ether oxygens (including phenoxy) is 1. The highest BCUT2D eigenvalue weighted by Crippen LogP contribution is 2.27. The van der Waals surface area contributed by atoms with Crippen molar-refractivity contribution in [2.45, 2.75) is 45.1 Å². The van der Waals surface area contributed by atoms with Crippen LogP contribution in [0.3, 0.4) is 0 Å². The van der Waals surface area contributed by atoms with E-state index in [0.717, 1.165) is 25.7 Å². The average Bonchev–Trinajstić information content (AvgIpc) is 2.15. The fourth-order valence-corrected chi connectivity index (χ4v) is 1.84. The lowest BCUT2D eigenvalue weighted by atomic mass is 9.86. The maximum Gasteiger partial charge on any atom is 0.303 e. The van der Waals surface area contributed by atoms with Gasteiger partial charge in [-0.05, 0) is 12.8 Å². The van der Waals surface area contributed by atoms with Crippen molar-refractivity contribution in [3.05, 3.63) is 0 Å². The Balaban J connectivity index is 2.45. The van der Waals surface area contributed by atoms with Crippen LogP contribution in [-0.4, -0.2) is 12.1 Å². The monoisotopic (exact) mass is 181 g/mol. The van der Waals surface area contributed by atoms with Crippen LogP contribution in [0.4, 0.5) is 0 Å². The first-order valence-corrected chi connectivity index (χ1v) is 4.81. The Labute approximate surface area is 78.7 Å². The molecule has 3 heteroatoms. The quantitative estimate of drug-likeness (QED) is 0.612. The minimum absolute atomic E-state index is 0.266. The van der Waals surface area contributed by atoms with Gasteiger partial charge in [-0.25, -0.2) is 0 Å². The van der Waals surface area contributed by atoms with Gasteiger partial charge in [0, 0.05) is 12.8 Å². The second kappa shape index (κ2) is 4.86. The predicted molar refractivity (Wildman–Crippen MR) is 47.7 cm³/mol. The highest BCUT2D eigenvalue weighted by molar-refractivity contribution is 5.66. The first kappa shape index (κ1) is 10.0. The summed E-state index contributed by atoms with van der Waals surface area (Å²) in [7, 11) is 0. The Kier molecular flexibility index (Phi) is 3.75. The zero-order valence-electron chi connectivity index (χ0n) is 7.95. The van der Waals surface area contributed by atoms with Crippen LogP contribution in [0.5, 0.6) is 0 Å². The van der Waals surface area contributed by atoms with Crippen molar-refractivity contribution in [2.75, 3.05) is 0 Å². The van der Waals surface area contributed by atoms with Crippen LogP contribution in [0.15, 0.2) is 0 Å². The third-order valence-electron chi connectivity index (χ3n) is 2.50. The van der Waals surface area contributed by atoms with E-state index in [2.05, 4.69) is 6.07 Å². The molecule has 13 heavy (non-hydrogen) atoms. The average molecular weight is 181 g/mol. The van der Waals surface area contributed by atoms with E-state index in [4.69, 9.17) is 10.00 Å². The molecule has 1 saturated carbocycles. The molecule has 0 spiro atoms. The number of rotatable bonds is 2. The second-order valence-corrected chi connectivity index (χ2v) is 3.56. The number of nitrogens with zero attached hydrogens (tertiary/aromatic N) is 1. The van der Waals surface area contributed by atoms with Crippen LogP contribution in [0.25, 0.3) is 0 Å². The Morgan fingerprint density at radius 2 is 2.08 bits per heavy atom. The van der Waals surface area contributed by atoms with Gasteiger partial charge < -0.3 is 4.74 Å². The van der Waals surface area contributed by atoms with E-state index in [1.807, 2.05) is 0 Å². The Morgan fingerprint density at radius 3 is 2.54 bits per heavy atom. The smallest absolute Gasteiger partial charge is 0.303 e. The van der Waals surface area contributed by atoms with E-state index in [9.17, 15) is 4.79 Å². The molecule has 0 unspecified atom stereocenters. The third kappa shape index (κ3) is 3.06. The summed E-state index contributed by atoms with van der Waals surface area (Å²) in [6.07, 6.45) is 5.08. The number of carbonyl (C=O) groups is 1. The van der Waals surface area contributed by atoms with Gasteiger partial charge in [0.25, 0.3) is 0 Å². The second-order valence-electron chi connectivity index (χ2n) is 3.56. The fraction of sp³-hybridized carbons (Fsp3) is 0.800. The molecule has 72 valence electrons. The number of carbonyl (C=O) groups excluding carboxylic acids is 1. The van der Waals surface area contributed by atoms with Gasteiger partial charge >= 0.3 is 5.97 Å². The molecule has 0 N–H and O–H groups in total. The lowest BCUT2D eigenvalue weighted by molar-refractivity contribution is -0.146. The summed E-state index contributed by atoms with van der Waals surface area (Å²) >= 11 is 0. The lowest BCUT2D eigenvalue weighted by Gasteiger charge is -2.24. The minimum atomic E-state index is -0.516. The van der Waals surface area contributed by atoms with Gasteiger partial charge in [-0.1, -0.05) is 19.3 Å². The van der Waals surface area contributed by atoms with Crippen molar-refractivity contribution < 1.29 is 9.53 Å². The molecule has 0 bridgehead atoms. The van der Waals surface area contributed by atoms with Crippen molar-refractivity contribution in [1.29, 1.82) is 5.26 Å². The number of hydrogen-bond donors (Lipinski definition) is 0. The fourth-order valence-electron chi connectivity index (χ4n) is 1.84. The number of nitriles is 1. The van der Waals surface area contributed by atoms with Crippen LogP contribution >= 0.6 is 0 Å². The normalized spacial score (nSPS) is 20.3. The van der Waals surface area contributed by atoms with Gasteiger partial charge in [0.05, 0.1) is 0 Å². The first-order valence-electron chi connectivity index (χ1n) is 4.81. The van der Waals surface area contributed by atoms with Gasteiger partial charge in [-0.2, -0.15) is 5.26 Å². The molecule has 1 fully saturated rings. The van der Waals surface area contributed by atoms with Crippen LogP contribution in [0.1, 0.15) is 39.0 Å². The summed E-state index contributed by atoms with van der Waals surface area (Å²) < 4.78 is 4.94. The van der Waals surface area contributed by atoms with Gasteiger partial charge in [-0.3, -0.25) is 4.79 Å². The predicted octanol–water partition coefficient (Wildman–Crippen LogP) is 2.02. The summed E-state index contributed by atoms with van der Waals surface area (Å²) in [5.74, 6) is -0.0835. The van der Waals surface area contributed by atoms with E-state index in [1.54, 1.807) is 0 Å².